The Morgan fingerprint density at radius 3 is 2.30 bits per heavy atom. The van der Waals surface area contributed by atoms with E-state index in [1.165, 1.54) is 6.07 Å². The Morgan fingerprint density at radius 1 is 0.909 bits per heavy atom. The van der Waals surface area contributed by atoms with Gasteiger partial charge in [0.05, 0.1) is 30.8 Å². The summed E-state index contributed by atoms with van der Waals surface area (Å²) in [5.74, 6) is 0.843. The van der Waals surface area contributed by atoms with E-state index in [4.69, 9.17) is 9.47 Å². The molecule has 0 spiro atoms. The molecule has 1 unspecified atom stereocenters. The molecule has 0 bridgehead atoms. The van der Waals surface area contributed by atoms with E-state index in [1.807, 2.05) is 26.0 Å². The zero-order valence-corrected chi connectivity index (χ0v) is 20.1. The maximum atomic E-state index is 13.1. The fraction of sp³-hybridized carbons (Fsp3) is 0.240. The van der Waals surface area contributed by atoms with Gasteiger partial charge in [0.2, 0.25) is 0 Å². The van der Waals surface area contributed by atoms with Crippen LogP contribution in [0.1, 0.15) is 40.0 Å². The number of para-hydroxylation sites is 1. The van der Waals surface area contributed by atoms with Crippen LogP contribution in [0.25, 0.3) is 0 Å². The van der Waals surface area contributed by atoms with Gasteiger partial charge in [-0.25, -0.2) is 8.42 Å². The molecule has 3 aromatic carbocycles. The zero-order chi connectivity index (χ0) is 24.2. The zero-order valence-electron chi connectivity index (χ0n) is 19.3. The summed E-state index contributed by atoms with van der Waals surface area (Å²) in [6.45, 7) is 5.33. The minimum absolute atomic E-state index is 0.0463. The number of nitrogens with one attached hydrogen (secondary N) is 2. The molecule has 0 radical (unpaired) electrons. The van der Waals surface area contributed by atoms with Gasteiger partial charge in [-0.15, -0.1) is 0 Å². The van der Waals surface area contributed by atoms with Crippen LogP contribution < -0.4 is 19.5 Å². The van der Waals surface area contributed by atoms with Gasteiger partial charge in [0.25, 0.3) is 15.9 Å². The summed E-state index contributed by atoms with van der Waals surface area (Å²) in [6, 6.07) is 16.7. The molecule has 0 aromatic heterocycles. The van der Waals surface area contributed by atoms with Crippen molar-refractivity contribution < 1.29 is 22.7 Å². The highest BCUT2D eigenvalue weighted by Gasteiger charge is 2.21. The Hall–Kier alpha value is -3.52. The summed E-state index contributed by atoms with van der Waals surface area (Å²) in [5.41, 5.74) is 2.81. The van der Waals surface area contributed by atoms with E-state index < -0.39 is 22.0 Å². The van der Waals surface area contributed by atoms with Crippen molar-refractivity contribution in [2.24, 2.45) is 0 Å². The molecule has 0 fully saturated rings. The van der Waals surface area contributed by atoms with Crippen LogP contribution in [0, 0.1) is 13.8 Å². The molecular weight excluding hydrogens is 440 g/mol. The number of hydrogen-bond donors (Lipinski definition) is 2. The second-order valence-electron chi connectivity index (χ2n) is 7.70. The van der Waals surface area contributed by atoms with E-state index in [2.05, 4.69) is 10.0 Å². The molecule has 0 saturated carbocycles. The predicted molar refractivity (Wildman–Crippen MR) is 129 cm³/mol. The van der Waals surface area contributed by atoms with E-state index in [1.54, 1.807) is 63.6 Å². The molecule has 0 aliphatic heterocycles. The fourth-order valence-corrected chi connectivity index (χ4v) is 4.86. The van der Waals surface area contributed by atoms with Crippen molar-refractivity contribution in [3.05, 3.63) is 82.9 Å². The second kappa shape index (κ2) is 9.95. The number of carbonyl (C=O) groups is 1. The van der Waals surface area contributed by atoms with Crippen molar-refractivity contribution in [2.45, 2.75) is 31.7 Å². The van der Waals surface area contributed by atoms with Crippen LogP contribution in [0.2, 0.25) is 0 Å². The van der Waals surface area contributed by atoms with Gasteiger partial charge in [-0.2, -0.15) is 0 Å². The van der Waals surface area contributed by atoms with Crippen molar-refractivity contribution in [3.63, 3.8) is 0 Å². The number of rotatable bonds is 8. The predicted octanol–water partition coefficient (Wildman–Crippen LogP) is 4.61. The lowest BCUT2D eigenvalue weighted by Crippen LogP contribution is -2.27. The summed E-state index contributed by atoms with van der Waals surface area (Å²) in [7, 11) is -0.772. The molecule has 3 aromatic rings. The largest absolute Gasteiger partial charge is 0.497 e. The Morgan fingerprint density at radius 2 is 1.64 bits per heavy atom. The Kier molecular flexibility index (Phi) is 7.28. The molecule has 7 nitrogen and oxygen atoms in total. The molecule has 1 amide bonds. The molecular formula is C25H28N2O5S. The molecule has 0 aliphatic rings. The van der Waals surface area contributed by atoms with Gasteiger partial charge in [-0.3, -0.25) is 9.52 Å². The lowest BCUT2D eigenvalue weighted by molar-refractivity contribution is 0.0939. The third-order valence-corrected chi connectivity index (χ3v) is 6.89. The quantitative estimate of drug-likeness (QED) is 0.503. The van der Waals surface area contributed by atoms with E-state index in [0.717, 1.165) is 11.1 Å². The summed E-state index contributed by atoms with van der Waals surface area (Å²) < 4.78 is 39.4. The summed E-state index contributed by atoms with van der Waals surface area (Å²) >= 11 is 0. The number of hydrogen-bond acceptors (Lipinski definition) is 5. The number of sulfonamides is 1. The SMILES string of the molecule is COc1ccc(OC)c(C(C)NC(=O)c2ccc(C)c(S(=O)(=O)Nc3ccccc3C)c2)c1. The Bertz CT molecular complexity index is 1270. The van der Waals surface area contributed by atoms with Crippen molar-refractivity contribution in [1.82, 2.24) is 5.32 Å². The van der Waals surface area contributed by atoms with Crippen LogP contribution in [0.15, 0.2) is 65.6 Å². The Labute approximate surface area is 194 Å². The minimum Gasteiger partial charge on any atom is -0.497 e. The van der Waals surface area contributed by atoms with E-state index in [9.17, 15) is 13.2 Å². The van der Waals surface area contributed by atoms with Crippen LogP contribution in [0.3, 0.4) is 0 Å². The van der Waals surface area contributed by atoms with E-state index >= 15 is 0 Å². The highest BCUT2D eigenvalue weighted by atomic mass is 32.2. The lowest BCUT2D eigenvalue weighted by Gasteiger charge is -2.19. The molecule has 3 rings (SSSR count). The number of ether oxygens (including phenoxy) is 2. The summed E-state index contributed by atoms with van der Waals surface area (Å²) in [4.78, 5) is 13.0. The topological polar surface area (TPSA) is 93.7 Å². The van der Waals surface area contributed by atoms with Crippen LogP contribution in [0.4, 0.5) is 5.69 Å². The standard InChI is InChI=1S/C25H28N2O5S/c1-16-8-6-7-9-22(16)27-33(29,30)24-14-19(11-10-17(24)2)25(28)26-18(3)21-15-20(31-4)12-13-23(21)32-5/h6-15,18,27H,1-5H3,(H,26,28). The highest BCUT2D eigenvalue weighted by molar-refractivity contribution is 7.92. The van der Waals surface area contributed by atoms with Crippen LogP contribution in [-0.4, -0.2) is 28.5 Å². The maximum absolute atomic E-state index is 13.1. The third kappa shape index (κ3) is 5.46. The van der Waals surface area contributed by atoms with Gasteiger partial charge in [0.1, 0.15) is 11.5 Å². The number of anilines is 1. The average molecular weight is 469 g/mol. The van der Waals surface area contributed by atoms with Crippen molar-refractivity contribution in [2.75, 3.05) is 18.9 Å². The lowest BCUT2D eigenvalue weighted by atomic mass is 10.1. The normalized spacial score (nSPS) is 12.0. The van der Waals surface area contributed by atoms with Crippen molar-refractivity contribution in [3.8, 4) is 11.5 Å². The first-order valence-electron chi connectivity index (χ1n) is 10.4. The average Bonchev–Trinajstić information content (AvgIpc) is 2.80. The van der Waals surface area contributed by atoms with Gasteiger partial charge in [0, 0.05) is 11.1 Å². The van der Waals surface area contributed by atoms with Crippen LogP contribution in [-0.2, 0) is 10.0 Å². The molecule has 0 saturated heterocycles. The van der Waals surface area contributed by atoms with Gasteiger partial charge in [0.15, 0.2) is 0 Å². The monoisotopic (exact) mass is 468 g/mol. The number of aryl methyl sites for hydroxylation is 2. The molecule has 2 N–H and O–H groups in total. The van der Waals surface area contributed by atoms with Gasteiger partial charge in [-0.1, -0.05) is 24.3 Å². The summed E-state index contributed by atoms with van der Waals surface area (Å²) in [6.07, 6.45) is 0. The number of carbonyl (C=O) groups excluding carboxylic acids is 1. The van der Waals surface area contributed by atoms with E-state index in [0.29, 0.717) is 22.7 Å². The van der Waals surface area contributed by atoms with E-state index in [-0.39, 0.29) is 10.5 Å². The first kappa shape index (κ1) is 24.1. The van der Waals surface area contributed by atoms with Crippen LogP contribution in [0.5, 0.6) is 11.5 Å². The van der Waals surface area contributed by atoms with Crippen LogP contribution >= 0.6 is 0 Å². The highest BCUT2D eigenvalue weighted by Crippen LogP contribution is 2.30. The van der Waals surface area contributed by atoms with Crippen molar-refractivity contribution >= 4 is 21.6 Å². The molecule has 8 heteroatoms. The minimum atomic E-state index is -3.89. The summed E-state index contributed by atoms with van der Waals surface area (Å²) in [5, 5.41) is 2.91. The molecule has 0 heterocycles. The third-order valence-electron chi connectivity index (χ3n) is 5.38. The molecule has 174 valence electrons. The smallest absolute Gasteiger partial charge is 0.262 e. The van der Waals surface area contributed by atoms with Gasteiger partial charge < -0.3 is 14.8 Å². The Balaban J connectivity index is 1.87. The number of benzene rings is 3. The first-order chi connectivity index (χ1) is 15.7. The van der Waals surface area contributed by atoms with Gasteiger partial charge in [-0.05, 0) is 68.3 Å². The molecule has 1 atom stereocenters. The number of amides is 1. The molecule has 0 aliphatic carbocycles. The number of methoxy groups -OCH3 is 2. The fourth-order valence-electron chi connectivity index (χ4n) is 3.45. The van der Waals surface area contributed by atoms with Gasteiger partial charge >= 0.3 is 0 Å². The molecule has 33 heavy (non-hydrogen) atoms. The van der Waals surface area contributed by atoms with Crippen molar-refractivity contribution in [1.29, 1.82) is 0 Å². The first-order valence-corrected chi connectivity index (χ1v) is 11.9. The maximum Gasteiger partial charge on any atom is 0.262 e. The second-order valence-corrected chi connectivity index (χ2v) is 9.35.